The lowest BCUT2D eigenvalue weighted by Gasteiger charge is -2.10. The van der Waals surface area contributed by atoms with Gasteiger partial charge in [-0.05, 0) is 13.3 Å². The maximum absolute atomic E-state index is 10.1. The Hall–Kier alpha value is -0.570. The number of carboxylic acid groups (broad SMARTS) is 1. The van der Waals surface area contributed by atoms with Crippen molar-refractivity contribution in [2.75, 3.05) is 0 Å². The fourth-order valence-electron chi connectivity index (χ4n) is 0.518. The molecule has 0 aromatic heterocycles. The van der Waals surface area contributed by atoms with E-state index in [4.69, 9.17) is 10.2 Å². The Kier molecular flexibility index (Phi) is 3.24. The molecule has 0 radical (unpaired) electrons. The van der Waals surface area contributed by atoms with Crippen LogP contribution in [0.2, 0.25) is 0 Å². The van der Waals surface area contributed by atoms with Gasteiger partial charge in [0.25, 0.3) is 0 Å². The molecule has 0 rings (SSSR count). The van der Waals surface area contributed by atoms with E-state index in [2.05, 4.69) is 0 Å². The molecule has 0 aliphatic carbocycles. The predicted octanol–water partition coefficient (Wildman–Crippen LogP) is 0.478. The van der Waals surface area contributed by atoms with Crippen LogP contribution < -0.4 is 0 Å². The highest BCUT2D eigenvalue weighted by atomic mass is 16.4. The van der Waals surface area contributed by atoms with Gasteiger partial charge in [-0.2, -0.15) is 0 Å². The van der Waals surface area contributed by atoms with Crippen LogP contribution in [0.15, 0.2) is 0 Å². The third-order valence-corrected chi connectivity index (χ3v) is 1.38. The minimum absolute atomic E-state index is 0.494. The minimum Gasteiger partial charge on any atom is -0.481 e. The molecule has 0 aromatic rings. The quantitative estimate of drug-likeness (QED) is 0.587. The molecule has 0 amide bonds. The third-order valence-electron chi connectivity index (χ3n) is 1.38. The van der Waals surface area contributed by atoms with Crippen molar-refractivity contribution >= 4 is 5.97 Å². The van der Waals surface area contributed by atoms with Crippen molar-refractivity contribution in [3.05, 3.63) is 0 Å². The molecule has 0 aliphatic heterocycles. The van der Waals surface area contributed by atoms with Gasteiger partial charge in [0.1, 0.15) is 0 Å². The maximum atomic E-state index is 10.1. The largest absolute Gasteiger partial charge is 0.481 e. The van der Waals surface area contributed by atoms with Crippen molar-refractivity contribution in [2.45, 2.75) is 26.4 Å². The maximum Gasteiger partial charge on any atom is 0.308 e. The van der Waals surface area contributed by atoms with E-state index >= 15 is 0 Å². The second-order valence-corrected chi connectivity index (χ2v) is 2.10. The Bertz CT molecular complexity index is 100. The predicted molar refractivity (Wildman–Crippen MR) is 33.1 cm³/mol. The highest BCUT2D eigenvalue weighted by Crippen LogP contribution is 2.05. The molecular weight excluding hydrogens is 120 g/mol. The number of aliphatic hydroxyl groups is 1. The molecule has 0 saturated heterocycles. The molecule has 2 N–H and O–H groups in total. The first-order valence-corrected chi connectivity index (χ1v) is 3.00. The number of hydrogen-bond acceptors (Lipinski definition) is 2. The molecule has 3 heteroatoms. The summed E-state index contributed by atoms with van der Waals surface area (Å²) in [6.07, 6.45) is -0.213. The third kappa shape index (κ3) is 2.46. The molecule has 0 fully saturated rings. The number of aliphatic carboxylic acids is 1. The van der Waals surface area contributed by atoms with Crippen LogP contribution in [-0.4, -0.2) is 22.3 Å². The lowest BCUT2D eigenvalue weighted by Crippen LogP contribution is -2.24. The summed E-state index contributed by atoms with van der Waals surface area (Å²) in [6, 6.07) is 0. The van der Waals surface area contributed by atoms with Crippen LogP contribution in [0.1, 0.15) is 20.3 Å². The van der Waals surface area contributed by atoms with E-state index in [9.17, 15) is 4.79 Å². The van der Waals surface area contributed by atoms with Crippen molar-refractivity contribution < 1.29 is 15.0 Å². The average molecular weight is 132 g/mol. The van der Waals surface area contributed by atoms with Crippen LogP contribution in [0, 0.1) is 5.92 Å². The van der Waals surface area contributed by atoms with E-state index < -0.39 is 18.0 Å². The molecular formula is C6H12O3. The summed E-state index contributed by atoms with van der Waals surface area (Å²) in [7, 11) is 0. The molecule has 3 nitrogen and oxygen atoms in total. The van der Waals surface area contributed by atoms with Crippen molar-refractivity contribution in [1.29, 1.82) is 0 Å². The van der Waals surface area contributed by atoms with Crippen LogP contribution in [0.4, 0.5) is 0 Å². The van der Waals surface area contributed by atoms with Gasteiger partial charge in [0.05, 0.1) is 12.0 Å². The number of hydrogen-bond donors (Lipinski definition) is 2. The first-order valence-electron chi connectivity index (χ1n) is 3.00. The SMILES string of the molecule is CC[C@H](O)[C@@H](C)C(=O)O. The van der Waals surface area contributed by atoms with Crippen LogP contribution >= 0.6 is 0 Å². The van der Waals surface area contributed by atoms with Crippen LogP contribution in [0.25, 0.3) is 0 Å². The fraction of sp³-hybridized carbons (Fsp3) is 0.833. The van der Waals surface area contributed by atoms with Crippen molar-refractivity contribution in [3.8, 4) is 0 Å². The molecule has 0 heterocycles. The second-order valence-electron chi connectivity index (χ2n) is 2.10. The number of carboxylic acids is 1. The van der Waals surface area contributed by atoms with Gasteiger partial charge in [-0.25, -0.2) is 0 Å². The Balaban J connectivity index is 3.72. The van der Waals surface area contributed by atoms with Gasteiger partial charge < -0.3 is 10.2 Å². The number of rotatable bonds is 3. The lowest BCUT2D eigenvalue weighted by atomic mass is 10.0. The summed E-state index contributed by atoms with van der Waals surface area (Å²) in [6.45, 7) is 3.25. The molecule has 2 atom stereocenters. The zero-order chi connectivity index (χ0) is 7.44. The standard InChI is InChI=1S/C6H12O3/c1-3-5(7)4(2)6(8)9/h4-5,7H,3H2,1-2H3,(H,8,9)/t4-,5+/m1/s1. The molecule has 54 valence electrons. The summed E-state index contributed by atoms with van der Waals surface area (Å²) < 4.78 is 0. The van der Waals surface area contributed by atoms with E-state index in [1.165, 1.54) is 6.92 Å². The number of carbonyl (C=O) groups is 1. The molecule has 0 bridgehead atoms. The molecule has 0 aliphatic rings. The van der Waals surface area contributed by atoms with Crippen molar-refractivity contribution in [2.24, 2.45) is 5.92 Å². The average Bonchev–Trinajstić information content (AvgIpc) is 1.84. The molecule has 0 aromatic carbocycles. The summed E-state index contributed by atoms with van der Waals surface area (Å²) in [5.74, 6) is -1.58. The molecule has 0 unspecified atom stereocenters. The van der Waals surface area contributed by atoms with Gasteiger partial charge in [-0.15, -0.1) is 0 Å². The van der Waals surface area contributed by atoms with E-state index in [-0.39, 0.29) is 0 Å². The van der Waals surface area contributed by atoms with Crippen molar-refractivity contribution in [3.63, 3.8) is 0 Å². The van der Waals surface area contributed by atoms with E-state index in [1.54, 1.807) is 6.92 Å². The van der Waals surface area contributed by atoms with E-state index in [0.717, 1.165) is 0 Å². The first kappa shape index (κ1) is 8.43. The Labute approximate surface area is 54.3 Å². The Morgan fingerprint density at radius 2 is 2.11 bits per heavy atom. The van der Waals surface area contributed by atoms with Crippen LogP contribution in [-0.2, 0) is 4.79 Å². The zero-order valence-corrected chi connectivity index (χ0v) is 5.66. The topological polar surface area (TPSA) is 57.5 Å². The molecule has 0 saturated carbocycles. The van der Waals surface area contributed by atoms with Gasteiger partial charge in [0.15, 0.2) is 0 Å². The van der Waals surface area contributed by atoms with E-state index in [0.29, 0.717) is 6.42 Å². The summed E-state index contributed by atoms with van der Waals surface area (Å²) in [4.78, 5) is 10.1. The zero-order valence-electron chi connectivity index (χ0n) is 5.66. The summed E-state index contributed by atoms with van der Waals surface area (Å²) in [5.41, 5.74) is 0. The van der Waals surface area contributed by atoms with Crippen LogP contribution in [0.5, 0.6) is 0 Å². The molecule has 9 heavy (non-hydrogen) atoms. The summed E-state index contributed by atoms with van der Waals surface area (Å²) >= 11 is 0. The van der Waals surface area contributed by atoms with Gasteiger partial charge in [-0.3, -0.25) is 4.79 Å². The Morgan fingerprint density at radius 1 is 1.67 bits per heavy atom. The van der Waals surface area contributed by atoms with Gasteiger partial charge in [0, 0.05) is 0 Å². The monoisotopic (exact) mass is 132 g/mol. The minimum atomic E-state index is -0.940. The van der Waals surface area contributed by atoms with E-state index in [1.807, 2.05) is 0 Å². The number of aliphatic hydroxyl groups excluding tert-OH is 1. The van der Waals surface area contributed by atoms with Gasteiger partial charge >= 0.3 is 5.97 Å². The van der Waals surface area contributed by atoms with Crippen molar-refractivity contribution in [1.82, 2.24) is 0 Å². The van der Waals surface area contributed by atoms with Gasteiger partial charge in [-0.1, -0.05) is 6.92 Å². The highest BCUT2D eigenvalue weighted by molar-refractivity contribution is 5.70. The fourth-order valence-corrected chi connectivity index (χ4v) is 0.518. The normalized spacial score (nSPS) is 16.8. The van der Waals surface area contributed by atoms with Crippen LogP contribution in [0.3, 0.4) is 0 Å². The smallest absolute Gasteiger partial charge is 0.308 e. The summed E-state index contributed by atoms with van der Waals surface area (Å²) in [5, 5.41) is 17.2. The second kappa shape index (κ2) is 3.45. The Morgan fingerprint density at radius 3 is 2.22 bits per heavy atom. The van der Waals surface area contributed by atoms with Gasteiger partial charge in [0.2, 0.25) is 0 Å². The highest BCUT2D eigenvalue weighted by Gasteiger charge is 2.18. The molecule has 0 spiro atoms. The lowest BCUT2D eigenvalue weighted by molar-refractivity contribution is -0.144. The first-order chi connectivity index (χ1) is 4.09.